The summed E-state index contributed by atoms with van der Waals surface area (Å²) in [5, 5.41) is 7.98. The van der Waals surface area contributed by atoms with Gasteiger partial charge in [-0.15, -0.1) is 0 Å². The monoisotopic (exact) mass is 413 g/mol. The van der Waals surface area contributed by atoms with Crippen molar-refractivity contribution in [3.8, 4) is 0 Å². The third-order valence-electron chi connectivity index (χ3n) is 6.40. The van der Waals surface area contributed by atoms with Crippen molar-refractivity contribution < 1.29 is 4.79 Å². The van der Waals surface area contributed by atoms with Crippen molar-refractivity contribution in [1.82, 2.24) is 20.4 Å². The highest BCUT2D eigenvalue weighted by Gasteiger charge is 2.47. The molecule has 6 nitrogen and oxygen atoms in total. The minimum atomic E-state index is -0.207. The van der Waals surface area contributed by atoms with Crippen molar-refractivity contribution in [3.63, 3.8) is 0 Å². The Kier molecular flexibility index (Phi) is 4.90. The molecule has 154 valence electrons. The van der Waals surface area contributed by atoms with Crippen LogP contribution in [0.4, 0.5) is 4.79 Å². The van der Waals surface area contributed by atoms with Gasteiger partial charge in [-0.2, -0.15) is 0 Å². The molecular formula is C22H28ClN5O. The lowest BCUT2D eigenvalue weighted by Crippen LogP contribution is -2.53. The van der Waals surface area contributed by atoms with Crippen molar-refractivity contribution in [3.05, 3.63) is 46.4 Å². The van der Waals surface area contributed by atoms with Gasteiger partial charge in [0, 0.05) is 30.1 Å². The quantitative estimate of drug-likeness (QED) is 0.773. The predicted molar refractivity (Wildman–Crippen MR) is 115 cm³/mol. The summed E-state index contributed by atoms with van der Waals surface area (Å²) < 4.78 is 0. The Bertz CT molecular complexity index is 876. The molecule has 2 fully saturated rings. The highest BCUT2D eigenvalue weighted by atomic mass is 35.5. The molecule has 2 atom stereocenters. The van der Waals surface area contributed by atoms with Crippen LogP contribution in [0.5, 0.6) is 0 Å². The lowest BCUT2D eigenvalue weighted by molar-refractivity contribution is 0.146. The van der Waals surface area contributed by atoms with Crippen LogP contribution in [0.25, 0.3) is 0 Å². The van der Waals surface area contributed by atoms with Crippen molar-refractivity contribution >= 4 is 23.5 Å². The first kappa shape index (κ1) is 18.8. The van der Waals surface area contributed by atoms with Crippen molar-refractivity contribution in [1.29, 1.82) is 0 Å². The number of amides is 2. The van der Waals surface area contributed by atoms with Crippen LogP contribution in [0.15, 0.2) is 40.8 Å². The number of halogens is 1. The number of carbonyl (C=O) groups excluding carboxylic acids is 1. The molecule has 2 N–H and O–H groups in total. The first-order chi connectivity index (χ1) is 14.1. The average molecular weight is 414 g/mol. The maximum absolute atomic E-state index is 13.3. The number of benzene rings is 1. The molecule has 1 saturated carbocycles. The van der Waals surface area contributed by atoms with Crippen LogP contribution in [0, 0.1) is 5.92 Å². The van der Waals surface area contributed by atoms with Crippen LogP contribution >= 0.6 is 11.6 Å². The van der Waals surface area contributed by atoms with E-state index in [1.807, 2.05) is 28.0 Å². The van der Waals surface area contributed by atoms with Gasteiger partial charge in [0.1, 0.15) is 17.4 Å². The van der Waals surface area contributed by atoms with Gasteiger partial charge in [0.15, 0.2) is 6.17 Å². The van der Waals surface area contributed by atoms with Gasteiger partial charge < -0.3 is 10.6 Å². The van der Waals surface area contributed by atoms with Crippen molar-refractivity contribution in [2.24, 2.45) is 10.9 Å². The van der Waals surface area contributed by atoms with Crippen molar-refractivity contribution in [2.45, 2.75) is 57.7 Å². The molecule has 4 aliphatic rings. The number of nitrogens with one attached hydrogen (secondary N) is 2. The van der Waals surface area contributed by atoms with E-state index in [-0.39, 0.29) is 18.2 Å². The highest BCUT2D eigenvalue weighted by molar-refractivity contribution is 6.30. The van der Waals surface area contributed by atoms with Gasteiger partial charge in [-0.3, -0.25) is 9.80 Å². The molecule has 29 heavy (non-hydrogen) atoms. The van der Waals surface area contributed by atoms with E-state index in [9.17, 15) is 4.79 Å². The predicted octanol–water partition coefficient (Wildman–Crippen LogP) is 3.69. The van der Waals surface area contributed by atoms with Crippen LogP contribution in [-0.4, -0.2) is 47.0 Å². The molecular weight excluding hydrogens is 386 g/mol. The van der Waals surface area contributed by atoms with Crippen LogP contribution in [0.2, 0.25) is 5.02 Å². The first-order valence-corrected chi connectivity index (χ1v) is 11.2. The third-order valence-corrected chi connectivity index (χ3v) is 6.64. The number of carbonyl (C=O) groups is 1. The molecule has 1 aromatic carbocycles. The lowest BCUT2D eigenvalue weighted by Gasteiger charge is -2.36. The normalized spacial score (nSPS) is 26.4. The summed E-state index contributed by atoms with van der Waals surface area (Å²) in [6.45, 7) is 3.50. The smallest absolute Gasteiger partial charge is 0.327 e. The molecule has 0 spiro atoms. The Morgan fingerprint density at radius 2 is 2.10 bits per heavy atom. The van der Waals surface area contributed by atoms with Crippen LogP contribution in [0.1, 0.15) is 44.6 Å². The Balaban J connectivity index is 1.42. The molecule has 0 radical (unpaired) electrons. The summed E-state index contributed by atoms with van der Waals surface area (Å²) in [7, 11) is 0. The summed E-state index contributed by atoms with van der Waals surface area (Å²) in [5.41, 5.74) is 2.23. The Hall–Kier alpha value is -2.21. The Morgan fingerprint density at radius 3 is 2.86 bits per heavy atom. The maximum atomic E-state index is 13.3. The fourth-order valence-electron chi connectivity index (χ4n) is 5.05. The molecule has 5 rings (SSSR count). The molecule has 1 aliphatic carbocycles. The highest BCUT2D eigenvalue weighted by Crippen LogP contribution is 2.35. The largest absolute Gasteiger partial charge is 0.365 e. The van der Waals surface area contributed by atoms with Gasteiger partial charge in [0.2, 0.25) is 0 Å². The van der Waals surface area contributed by atoms with E-state index in [0.717, 1.165) is 41.8 Å². The Morgan fingerprint density at radius 1 is 1.28 bits per heavy atom. The molecule has 0 aromatic heterocycles. The Labute approximate surface area is 177 Å². The van der Waals surface area contributed by atoms with Gasteiger partial charge in [-0.25, -0.2) is 9.79 Å². The van der Waals surface area contributed by atoms with Gasteiger partial charge >= 0.3 is 6.03 Å². The molecule has 3 heterocycles. The van der Waals surface area contributed by atoms with E-state index in [1.54, 1.807) is 0 Å². The number of aliphatic imine (C=N–C) groups is 1. The minimum absolute atomic E-state index is 0.0647. The summed E-state index contributed by atoms with van der Waals surface area (Å²) in [6.07, 6.45) is 6.47. The third kappa shape index (κ3) is 3.37. The number of amidine groups is 1. The number of hydrogen-bond acceptors (Lipinski definition) is 4. The first-order valence-electron chi connectivity index (χ1n) is 10.8. The summed E-state index contributed by atoms with van der Waals surface area (Å²) in [6, 6.07) is 8.19. The maximum Gasteiger partial charge on any atom is 0.327 e. The molecule has 1 saturated heterocycles. The van der Waals surface area contributed by atoms with Crippen molar-refractivity contribution in [2.75, 3.05) is 13.1 Å². The van der Waals surface area contributed by atoms with Gasteiger partial charge in [-0.05, 0) is 43.4 Å². The van der Waals surface area contributed by atoms with Crippen LogP contribution < -0.4 is 10.6 Å². The van der Waals surface area contributed by atoms with Crippen LogP contribution in [0.3, 0.4) is 0 Å². The zero-order chi connectivity index (χ0) is 20.0. The van der Waals surface area contributed by atoms with E-state index >= 15 is 0 Å². The molecule has 2 unspecified atom stereocenters. The topological polar surface area (TPSA) is 60.0 Å². The molecule has 2 amide bonds. The molecule has 1 aromatic rings. The van der Waals surface area contributed by atoms with E-state index in [4.69, 9.17) is 16.6 Å². The van der Waals surface area contributed by atoms with E-state index in [0.29, 0.717) is 12.5 Å². The van der Waals surface area contributed by atoms with E-state index in [1.165, 1.54) is 31.2 Å². The van der Waals surface area contributed by atoms with Gasteiger partial charge in [0.25, 0.3) is 0 Å². The number of hydrogen-bond donors (Lipinski definition) is 2. The second-order valence-electron chi connectivity index (χ2n) is 8.52. The fourth-order valence-corrected chi connectivity index (χ4v) is 5.27. The summed E-state index contributed by atoms with van der Waals surface area (Å²) in [5.74, 6) is 2.49. The van der Waals surface area contributed by atoms with Gasteiger partial charge in [0.05, 0.1) is 0 Å². The number of fused-ring (bicyclic) bond motifs is 2. The minimum Gasteiger partial charge on any atom is -0.365 e. The molecule has 0 bridgehead atoms. The van der Waals surface area contributed by atoms with Crippen LogP contribution in [-0.2, 0) is 6.42 Å². The average Bonchev–Trinajstić information content (AvgIpc) is 3.43. The SMILES string of the molecule is CCCN1C(=O)N2CC(Cc3cccc(Cl)c3)NC2=C2NC(C3CCCC3)=NC21. The second-order valence-corrected chi connectivity index (χ2v) is 8.95. The zero-order valence-electron chi connectivity index (χ0n) is 16.8. The number of rotatable bonds is 5. The summed E-state index contributed by atoms with van der Waals surface area (Å²) >= 11 is 6.15. The second kappa shape index (κ2) is 7.56. The lowest BCUT2D eigenvalue weighted by atomic mass is 10.1. The van der Waals surface area contributed by atoms with E-state index in [2.05, 4.69) is 23.6 Å². The number of nitrogens with zero attached hydrogens (tertiary/aromatic N) is 3. The molecule has 7 heteroatoms. The zero-order valence-corrected chi connectivity index (χ0v) is 17.6. The standard InChI is InChI=1S/C22H28ClN5O/c1-2-10-27-21-18(25-19(26-21)15-7-3-4-8-15)20-24-17(13-28(20)22(27)29)12-14-6-5-9-16(23)11-14/h5-6,9,11,15,17,21,24H,2-4,7-8,10,12-13H2,1H3,(H,25,26). The van der Waals surface area contributed by atoms with E-state index < -0.39 is 0 Å². The number of urea groups is 1. The fraction of sp³-hybridized carbons (Fsp3) is 0.545. The molecule has 3 aliphatic heterocycles. The summed E-state index contributed by atoms with van der Waals surface area (Å²) in [4.78, 5) is 22.1. The van der Waals surface area contributed by atoms with Gasteiger partial charge in [-0.1, -0.05) is 43.5 Å².